The molecule has 0 bridgehead atoms. The molecule has 1 fully saturated rings. The van der Waals surface area contributed by atoms with Gasteiger partial charge in [0.05, 0.1) is 12.0 Å². The van der Waals surface area contributed by atoms with E-state index in [-0.39, 0.29) is 5.97 Å². The van der Waals surface area contributed by atoms with Gasteiger partial charge in [-0.25, -0.2) is 14.8 Å². The van der Waals surface area contributed by atoms with Gasteiger partial charge in [0.2, 0.25) is 0 Å². The highest BCUT2D eigenvalue weighted by molar-refractivity contribution is 7.20. The lowest BCUT2D eigenvalue weighted by Crippen LogP contribution is -2.34. The standard InChI is InChI=1S/C20H25N5O2S/c1-5-27-20(26)17-12(2)16-18(22-13(3)23-19(16)28-17)25-10-7-14(8-11-25)15-6-9-21-24(15)4/h6,9,14H,5,7-8,10-11H2,1-4H3. The first-order valence-corrected chi connectivity index (χ1v) is 10.5. The van der Waals surface area contributed by atoms with Crippen molar-refractivity contribution in [2.24, 2.45) is 7.05 Å². The predicted octanol–water partition coefficient (Wildman–Crippen LogP) is 3.60. The molecule has 0 radical (unpaired) electrons. The fraction of sp³-hybridized carbons (Fsp3) is 0.500. The lowest BCUT2D eigenvalue weighted by atomic mass is 9.93. The second-order valence-electron chi connectivity index (χ2n) is 7.19. The SMILES string of the molecule is CCOC(=O)c1sc2nc(C)nc(N3CCC(c4ccnn4C)CC3)c2c1C. The van der Waals surface area contributed by atoms with E-state index in [2.05, 4.69) is 21.0 Å². The Hall–Kier alpha value is -2.48. The maximum Gasteiger partial charge on any atom is 0.348 e. The Morgan fingerprint density at radius 3 is 2.68 bits per heavy atom. The van der Waals surface area contributed by atoms with Crippen LogP contribution in [-0.2, 0) is 11.8 Å². The van der Waals surface area contributed by atoms with Crippen molar-refractivity contribution in [3.63, 3.8) is 0 Å². The number of hydrogen-bond donors (Lipinski definition) is 0. The van der Waals surface area contributed by atoms with Crippen LogP contribution < -0.4 is 4.90 Å². The molecule has 0 N–H and O–H groups in total. The maximum atomic E-state index is 12.3. The number of thiophene rings is 1. The first-order chi connectivity index (χ1) is 13.5. The molecule has 148 valence electrons. The maximum absolute atomic E-state index is 12.3. The minimum atomic E-state index is -0.276. The molecule has 3 aromatic rings. The average Bonchev–Trinajstić information content (AvgIpc) is 3.25. The van der Waals surface area contributed by atoms with Crippen molar-refractivity contribution in [2.75, 3.05) is 24.6 Å². The molecule has 0 aromatic carbocycles. The van der Waals surface area contributed by atoms with Crippen LogP contribution in [0, 0.1) is 13.8 Å². The zero-order chi connectivity index (χ0) is 19.8. The summed E-state index contributed by atoms with van der Waals surface area (Å²) in [7, 11) is 2.00. The van der Waals surface area contributed by atoms with Gasteiger partial charge in [-0.1, -0.05) is 0 Å². The molecule has 0 atom stereocenters. The van der Waals surface area contributed by atoms with Gasteiger partial charge < -0.3 is 9.64 Å². The Balaban J connectivity index is 1.65. The molecule has 0 saturated carbocycles. The molecule has 0 amide bonds. The quantitative estimate of drug-likeness (QED) is 0.624. The number of carbonyl (C=O) groups excluding carboxylic acids is 1. The first kappa shape index (κ1) is 18.9. The van der Waals surface area contributed by atoms with Crippen molar-refractivity contribution in [3.05, 3.63) is 34.2 Å². The van der Waals surface area contributed by atoms with E-state index in [1.165, 1.54) is 17.0 Å². The van der Waals surface area contributed by atoms with E-state index in [4.69, 9.17) is 9.72 Å². The topological polar surface area (TPSA) is 73.1 Å². The summed E-state index contributed by atoms with van der Waals surface area (Å²) < 4.78 is 7.20. The molecule has 1 saturated heterocycles. The Morgan fingerprint density at radius 1 is 1.29 bits per heavy atom. The number of nitrogens with zero attached hydrogens (tertiary/aromatic N) is 5. The summed E-state index contributed by atoms with van der Waals surface area (Å²) in [6.07, 6.45) is 3.97. The number of aromatic nitrogens is 4. The van der Waals surface area contributed by atoms with Crippen molar-refractivity contribution >= 4 is 33.3 Å². The smallest absolute Gasteiger partial charge is 0.348 e. The number of hydrogen-bond acceptors (Lipinski definition) is 7. The highest BCUT2D eigenvalue weighted by Gasteiger charge is 2.27. The Bertz CT molecular complexity index is 1020. The summed E-state index contributed by atoms with van der Waals surface area (Å²) in [5.41, 5.74) is 2.21. The summed E-state index contributed by atoms with van der Waals surface area (Å²) in [6.45, 7) is 7.91. The molecule has 3 aromatic heterocycles. The normalized spacial score (nSPS) is 15.4. The van der Waals surface area contributed by atoms with Gasteiger partial charge in [0, 0.05) is 37.9 Å². The molecule has 8 heteroatoms. The number of aryl methyl sites for hydroxylation is 3. The van der Waals surface area contributed by atoms with Crippen molar-refractivity contribution in [2.45, 2.75) is 39.5 Å². The van der Waals surface area contributed by atoms with Crippen LogP contribution in [0.5, 0.6) is 0 Å². The van der Waals surface area contributed by atoms with Gasteiger partial charge in [0.1, 0.15) is 21.3 Å². The van der Waals surface area contributed by atoms with Gasteiger partial charge in [0.15, 0.2) is 0 Å². The number of esters is 1. The number of fused-ring (bicyclic) bond motifs is 1. The zero-order valence-corrected chi connectivity index (χ0v) is 17.5. The second kappa shape index (κ2) is 7.50. The minimum absolute atomic E-state index is 0.276. The average molecular weight is 400 g/mol. The van der Waals surface area contributed by atoms with Gasteiger partial charge in [-0.15, -0.1) is 11.3 Å². The van der Waals surface area contributed by atoms with E-state index in [0.717, 1.165) is 53.4 Å². The van der Waals surface area contributed by atoms with E-state index >= 15 is 0 Å². The van der Waals surface area contributed by atoms with Crippen molar-refractivity contribution in [3.8, 4) is 0 Å². The third kappa shape index (κ3) is 3.26. The summed E-state index contributed by atoms with van der Waals surface area (Å²) in [5.74, 6) is 1.91. The Labute approximate surface area is 168 Å². The van der Waals surface area contributed by atoms with E-state index in [0.29, 0.717) is 17.4 Å². The molecule has 4 rings (SSSR count). The van der Waals surface area contributed by atoms with E-state index < -0.39 is 0 Å². The van der Waals surface area contributed by atoms with Crippen LogP contribution in [0.15, 0.2) is 12.3 Å². The van der Waals surface area contributed by atoms with Gasteiger partial charge in [0.25, 0.3) is 0 Å². The van der Waals surface area contributed by atoms with Crippen LogP contribution in [0.4, 0.5) is 5.82 Å². The third-order valence-corrected chi connectivity index (χ3v) is 6.58. The van der Waals surface area contributed by atoms with Crippen molar-refractivity contribution in [1.82, 2.24) is 19.7 Å². The Kier molecular flexibility index (Phi) is 5.05. The van der Waals surface area contributed by atoms with Crippen LogP contribution in [-0.4, -0.2) is 45.4 Å². The van der Waals surface area contributed by atoms with Gasteiger partial charge in [-0.2, -0.15) is 5.10 Å². The molecule has 7 nitrogen and oxygen atoms in total. The highest BCUT2D eigenvalue weighted by atomic mass is 32.1. The van der Waals surface area contributed by atoms with Crippen molar-refractivity contribution < 1.29 is 9.53 Å². The molecule has 28 heavy (non-hydrogen) atoms. The minimum Gasteiger partial charge on any atom is -0.462 e. The van der Waals surface area contributed by atoms with Crippen molar-refractivity contribution in [1.29, 1.82) is 0 Å². The fourth-order valence-corrected chi connectivity index (χ4v) is 5.13. The largest absolute Gasteiger partial charge is 0.462 e. The van der Waals surface area contributed by atoms with Gasteiger partial charge >= 0.3 is 5.97 Å². The van der Waals surface area contributed by atoms with E-state index in [1.807, 2.05) is 38.7 Å². The summed E-state index contributed by atoms with van der Waals surface area (Å²) in [4.78, 5) is 25.5. The molecule has 1 aliphatic rings. The third-order valence-electron chi connectivity index (χ3n) is 5.42. The fourth-order valence-electron chi connectivity index (χ4n) is 4.01. The van der Waals surface area contributed by atoms with Crippen LogP contribution in [0.1, 0.15) is 52.4 Å². The predicted molar refractivity (Wildman–Crippen MR) is 110 cm³/mol. The molecule has 0 spiro atoms. The monoisotopic (exact) mass is 399 g/mol. The van der Waals surface area contributed by atoms with Crippen LogP contribution >= 0.6 is 11.3 Å². The summed E-state index contributed by atoms with van der Waals surface area (Å²) in [6, 6.07) is 2.11. The molecular weight excluding hydrogens is 374 g/mol. The first-order valence-electron chi connectivity index (χ1n) is 9.67. The van der Waals surface area contributed by atoms with Crippen LogP contribution in [0.25, 0.3) is 10.2 Å². The molecule has 1 aliphatic heterocycles. The molecule has 0 aliphatic carbocycles. The van der Waals surface area contributed by atoms with Gasteiger partial charge in [-0.05, 0) is 45.2 Å². The summed E-state index contributed by atoms with van der Waals surface area (Å²) in [5, 5.41) is 5.29. The van der Waals surface area contributed by atoms with Gasteiger partial charge in [-0.3, -0.25) is 4.68 Å². The molecular formula is C20H25N5O2S. The Morgan fingerprint density at radius 2 is 2.04 bits per heavy atom. The number of anilines is 1. The number of rotatable bonds is 4. The second-order valence-corrected chi connectivity index (χ2v) is 8.19. The lowest BCUT2D eigenvalue weighted by molar-refractivity contribution is 0.0531. The molecule has 4 heterocycles. The summed E-state index contributed by atoms with van der Waals surface area (Å²) >= 11 is 1.40. The molecule has 0 unspecified atom stereocenters. The van der Waals surface area contributed by atoms with E-state index in [9.17, 15) is 4.79 Å². The number of carbonyl (C=O) groups is 1. The number of ether oxygens (including phenoxy) is 1. The zero-order valence-electron chi connectivity index (χ0n) is 16.7. The highest BCUT2D eigenvalue weighted by Crippen LogP contribution is 2.38. The van der Waals surface area contributed by atoms with Crippen LogP contribution in [0.3, 0.4) is 0 Å². The lowest BCUT2D eigenvalue weighted by Gasteiger charge is -2.33. The number of piperidine rings is 1. The van der Waals surface area contributed by atoms with Crippen LogP contribution in [0.2, 0.25) is 0 Å². The van der Waals surface area contributed by atoms with E-state index in [1.54, 1.807) is 0 Å².